The van der Waals surface area contributed by atoms with E-state index in [9.17, 15) is 4.39 Å². The van der Waals surface area contributed by atoms with Gasteiger partial charge in [-0.3, -0.25) is 0 Å². The molecule has 1 heterocycles. The highest BCUT2D eigenvalue weighted by atomic mass is 19.1. The van der Waals surface area contributed by atoms with Crippen LogP contribution in [0.3, 0.4) is 0 Å². The summed E-state index contributed by atoms with van der Waals surface area (Å²) in [5.41, 5.74) is 2.85. The molecule has 2 rings (SSSR count). The summed E-state index contributed by atoms with van der Waals surface area (Å²) in [5.74, 6) is 1.05. The Kier molecular flexibility index (Phi) is 4.03. The quantitative estimate of drug-likeness (QED) is 0.867. The molecule has 0 amide bonds. The molecule has 0 atom stereocenters. The van der Waals surface area contributed by atoms with Crippen LogP contribution in [0.5, 0.6) is 0 Å². The zero-order valence-electron chi connectivity index (χ0n) is 12.0. The van der Waals surface area contributed by atoms with Crippen LogP contribution in [-0.2, 0) is 0 Å². The van der Waals surface area contributed by atoms with E-state index in [0.29, 0.717) is 5.92 Å². The van der Waals surface area contributed by atoms with Crippen LogP contribution in [0.1, 0.15) is 44.2 Å². The van der Waals surface area contributed by atoms with Gasteiger partial charge in [-0.25, -0.2) is 9.37 Å². The molecule has 2 aromatic rings. The third-order valence-corrected chi connectivity index (χ3v) is 3.30. The molecule has 3 heteroatoms. The van der Waals surface area contributed by atoms with Gasteiger partial charge < -0.3 is 5.32 Å². The van der Waals surface area contributed by atoms with Gasteiger partial charge in [0.1, 0.15) is 11.6 Å². The van der Waals surface area contributed by atoms with Gasteiger partial charge in [-0.2, -0.15) is 0 Å². The lowest BCUT2D eigenvalue weighted by atomic mass is 9.99. The van der Waals surface area contributed by atoms with Crippen LogP contribution in [0.25, 0.3) is 10.9 Å². The molecule has 0 saturated heterocycles. The van der Waals surface area contributed by atoms with Gasteiger partial charge in [-0.1, -0.05) is 20.8 Å². The Morgan fingerprint density at radius 3 is 2.63 bits per heavy atom. The normalized spacial score (nSPS) is 11.3. The van der Waals surface area contributed by atoms with Crippen LogP contribution in [0.15, 0.2) is 18.2 Å². The van der Waals surface area contributed by atoms with Crippen molar-refractivity contribution < 1.29 is 4.39 Å². The third-order valence-electron chi connectivity index (χ3n) is 3.30. The summed E-state index contributed by atoms with van der Waals surface area (Å²) in [6.07, 6.45) is 1.04. The summed E-state index contributed by atoms with van der Waals surface area (Å²) in [4.78, 5) is 4.60. The molecule has 0 unspecified atom stereocenters. The molecule has 1 aromatic heterocycles. The topological polar surface area (TPSA) is 24.9 Å². The zero-order chi connectivity index (χ0) is 14.0. The summed E-state index contributed by atoms with van der Waals surface area (Å²) in [6.45, 7) is 9.23. The first-order valence-electron chi connectivity index (χ1n) is 6.87. The lowest BCUT2D eigenvalue weighted by molar-refractivity contribution is 0.628. The van der Waals surface area contributed by atoms with E-state index >= 15 is 0 Å². The van der Waals surface area contributed by atoms with E-state index in [1.807, 2.05) is 6.92 Å². The van der Waals surface area contributed by atoms with Gasteiger partial charge in [0.15, 0.2) is 0 Å². The summed E-state index contributed by atoms with van der Waals surface area (Å²) < 4.78 is 13.5. The Hall–Kier alpha value is -1.64. The number of hydrogen-bond acceptors (Lipinski definition) is 2. The van der Waals surface area contributed by atoms with Gasteiger partial charge in [-0.05, 0) is 42.5 Å². The highest BCUT2D eigenvalue weighted by Gasteiger charge is 2.12. The van der Waals surface area contributed by atoms with Crippen molar-refractivity contribution in [1.82, 2.24) is 4.98 Å². The highest BCUT2D eigenvalue weighted by Crippen LogP contribution is 2.29. The van der Waals surface area contributed by atoms with E-state index in [-0.39, 0.29) is 5.82 Å². The molecular formula is C16H21FN2. The van der Waals surface area contributed by atoms with Crippen molar-refractivity contribution in [2.24, 2.45) is 0 Å². The Bertz CT molecular complexity index is 591. The first kappa shape index (κ1) is 13.8. The number of nitrogens with one attached hydrogen (secondary N) is 1. The minimum absolute atomic E-state index is 0.226. The predicted octanol–water partition coefficient (Wildman–Crippen LogP) is 4.63. The monoisotopic (exact) mass is 260 g/mol. The van der Waals surface area contributed by atoms with Gasteiger partial charge in [-0.15, -0.1) is 0 Å². The fourth-order valence-electron chi connectivity index (χ4n) is 2.25. The average Bonchev–Trinajstić information content (AvgIpc) is 2.34. The van der Waals surface area contributed by atoms with Crippen LogP contribution < -0.4 is 5.32 Å². The summed E-state index contributed by atoms with van der Waals surface area (Å²) in [6, 6.07) is 5.20. The molecule has 1 N–H and O–H groups in total. The van der Waals surface area contributed by atoms with Gasteiger partial charge >= 0.3 is 0 Å². The Morgan fingerprint density at radius 1 is 1.26 bits per heavy atom. The summed E-state index contributed by atoms with van der Waals surface area (Å²) >= 11 is 0. The van der Waals surface area contributed by atoms with E-state index in [1.54, 1.807) is 6.07 Å². The molecule has 1 aromatic carbocycles. The minimum atomic E-state index is -0.226. The van der Waals surface area contributed by atoms with Crippen molar-refractivity contribution in [3.63, 3.8) is 0 Å². The SMILES string of the molecule is CCCNc1nc2cc(F)cc(C)c2cc1C(C)C. The van der Waals surface area contributed by atoms with Crippen LogP contribution >= 0.6 is 0 Å². The second-order valence-electron chi connectivity index (χ2n) is 5.30. The number of aryl methyl sites for hydroxylation is 1. The van der Waals surface area contributed by atoms with E-state index in [0.717, 1.165) is 35.2 Å². The lowest BCUT2D eigenvalue weighted by Gasteiger charge is -2.15. The standard InChI is InChI=1S/C16H21FN2/c1-5-6-18-16-13(10(2)3)9-14-11(4)7-12(17)8-15(14)19-16/h7-10H,5-6H2,1-4H3,(H,18,19). The van der Waals surface area contributed by atoms with Crippen LogP contribution in [-0.4, -0.2) is 11.5 Å². The maximum atomic E-state index is 13.5. The number of fused-ring (bicyclic) bond motifs is 1. The molecular weight excluding hydrogens is 239 g/mol. The van der Waals surface area contributed by atoms with E-state index < -0.39 is 0 Å². The fourth-order valence-corrected chi connectivity index (χ4v) is 2.25. The predicted molar refractivity (Wildman–Crippen MR) is 79.3 cm³/mol. The third kappa shape index (κ3) is 2.86. The van der Waals surface area contributed by atoms with Crippen LogP contribution in [0.2, 0.25) is 0 Å². The molecule has 0 bridgehead atoms. The van der Waals surface area contributed by atoms with Gasteiger partial charge in [0.25, 0.3) is 0 Å². The van der Waals surface area contributed by atoms with Crippen LogP contribution in [0.4, 0.5) is 10.2 Å². The number of halogens is 1. The first-order chi connectivity index (χ1) is 9.02. The Labute approximate surface area is 114 Å². The number of nitrogens with zero attached hydrogens (tertiary/aromatic N) is 1. The molecule has 0 aliphatic carbocycles. The smallest absolute Gasteiger partial charge is 0.130 e. The van der Waals surface area contributed by atoms with Crippen molar-refractivity contribution in [2.75, 3.05) is 11.9 Å². The lowest BCUT2D eigenvalue weighted by Crippen LogP contribution is -2.07. The second kappa shape index (κ2) is 5.55. The Morgan fingerprint density at radius 2 is 2.00 bits per heavy atom. The molecule has 0 radical (unpaired) electrons. The van der Waals surface area contributed by atoms with E-state index in [1.165, 1.54) is 11.6 Å². The molecule has 0 fully saturated rings. The molecule has 19 heavy (non-hydrogen) atoms. The van der Waals surface area contributed by atoms with Gasteiger partial charge in [0.2, 0.25) is 0 Å². The maximum absolute atomic E-state index is 13.5. The van der Waals surface area contributed by atoms with Crippen molar-refractivity contribution in [1.29, 1.82) is 0 Å². The molecule has 0 aliphatic heterocycles. The van der Waals surface area contributed by atoms with E-state index in [2.05, 4.69) is 37.1 Å². The first-order valence-corrected chi connectivity index (χ1v) is 6.87. The fraction of sp³-hybridized carbons (Fsp3) is 0.438. The van der Waals surface area contributed by atoms with Gasteiger partial charge in [0, 0.05) is 18.0 Å². The zero-order valence-corrected chi connectivity index (χ0v) is 12.0. The molecule has 0 saturated carbocycles. The van der Waals surface area contributed by atoms with Crippen molar-refractivity contribution in [3.8, 4) is 0 Å². The van der Waals surface area contributed by atoms with E-state index in [4.69, 9.17) is 0 Å². The second-order valence-corrected chi connectivity index (χ2v) is 5.30. The van der Waals surface area contributed by atoms with Gasteiger partial charge in [0.05, 0.1) is 5.52 Å². The summed E-state index contributed by atoms with van der Waals surface area (Å²) in [5, 5.41) is 4.38. The number of aromatic nitrogens is 1. The number of anilines is 1. The maximum Gasteiger partial charge on any atom is 0.130 e. The largest absolute Gasteiger partial charge is 0.370 e. The number of hydrogen-bond donors (Lipinski definition) is 1. The van der Waals surface area contributed by atoms with Crippen molar-refractivity contribution in [2.45, 2.75) is 40.0 Å². The Balaban J connectivity index is 2.62. The summed E-state index contributed by atoms with van der Waals surface area (Å²) in [7, 11) is 0. The van der Waals surface area contributed by atoms with Crippen molar-refractivity contribution >= 4 is 16.7 Å². The van der Waals surface area contributed by atoms with Crippen LogP contribution in [0, 0.1) is 12.7 Å². The van der Waals surface area contributed by atoms with Crippen molar-refractivity contribution in [3.05, 3.63) is 35.1 Å². The number of rotatable bonds is 4. The average molecular weight is 260 g/mol. The molecule has 0 aliphatic rings. The highest BCUT2D eigenvalue weighted by molar-refractivity contribution is 5.85. The molecule has 102 valence electrons. The molecule has 0 spiro atoms. The number of benzene rings is 1. The molecule has 2 nitrogen and oxygen atoms in total. The minimum Gasteiger partial charge on any atom is -0.370 e. The number of pyridine rings is 1.